The lowest BCUT2D eigenvalue weighted by Crippen LogP contribution is -2.19. The van der Waals surface area contributed by atoms with Crippen molar-refractivity contribution in [3.63, 3.8) is 0 Å². The van der Waals surface area contributed by atoms with E-state index >= 15 is 0 Å². The van der Waals surface area contributed by atoms with Crippen molar-refractivity contribution in [1.29, 1.82) is 0 Å². The Morgan fingerprint density at radius 3 is 2.52 bits per heavy atom. The molecule has 0 radical (unpaired) electrons. The number of aromatic nitrogens is 1. The van der Waals surface area contributed by atoms with E-state index in [0.717, 1.165) is 23.2 Å². The summed E-state index contributed by atoms with van der Waals surface area (Å²) in [5.74, 6) is 0.665. The van der Waals surface area contributed by atoms with Crippen LogP contribution in [0.25, 0.3) is 11.1 Å². The van der Waals surface area contributed by atoms with Gasteiger partial charge in [-0.2, -0.15) is 0 Å². The SMILES string of the molecule is CCCOc1ccccc1NC(=O)Nc1ccc(-c2ccnc(C)c2)cc1. The predicted octanol–water partition coefficient (Wildman–Crippen LogP) is 5.49. The van der Waals surface area contributed by atoms with Crippen molar-refractivity contribution in [2.75, 3.05) is 17.2 Å². The zero-order valence-corrected chi connectivity index (χ0v) is 15.5. The van der Waals surface area contributed by atoms with Gasteiger partial charge in [0.2, 0.25) is 0 Å². The van der Waals surface area contributed by atoms with E-state index in [0.29, 0.717) is 23.7 Å². The summed E-state index contributed by atoms with van der Waals surface area (Å²) in [5, 5.41) is 5.68. The van der Waals surface area contributed by atoms with Gasteiger partial charge in [-0.05, 0) is 60.9 Å². The first-order valence-electron chi connectivity index (χ1n) is 8.98. The minimum Gasteiger partial charge on any atom is -0.491 e. The Hall–Kier alpha value is -3.34. The first-order valence-corrected chi connectivity index (χ1v) is 8.98. The molecule has 27 heavy (non-hydrogen) atoms. The number of anilines is 2. The summed E-state index contributed by atoms with van der Waals surface area (Å²) < 4.78 is 5.66. The number of nitrogens with one attached hydrogen (secondary N) is 2. The van der Waals surface area contributed by atoms with Gasteiger partial charge < -0.3 is 15.4 Å². The maximum atomic E-state index is 12.3. The van der Waals surface area contributed by atoms with Crippen LogP contribution in [-0.4, -0.2) is 17.6 Å². The molecule has 3 aromatic rings. The molecule has 2 aromatic carbocycles. The van der Waals surface area contributed by atoms with Crippen LogP contribution < -0.4 is 15.4 Å². The molecule has 5 nitrogen and oxygen atoms in total. The third-order valence-corrected chi connectivity index (χ3v) is 3.97. The smallest absolute Gasteiger partial charge is 0.323 e. The lowest BCUT2D eigenvalue weighted by atomic mass is 10.1. The third-order valence-electron chi connectivity index (χ3n) is 3.97. The van der Waals surface area contributed by atoms with E-state index in [2.05, 4.69) is 15.6 Å². The number of hydrogen-bond acceptors (Lipinski definition) is 3. The van der Waals surface area contributed by atoms with E-state index in [-0.39, 0.29) is 6.03 Å². The summed E-state index contributed by atoms with van der Waals surface area (Å²) >= 11 is 0. The fourth-order valence-corrected chi connectivity index (χ4v) is 2.66. The Balaban J connectivity index is 1.65. The average molecular weight is 361 g/mol. The molecule has 0 aliphatic rings. The monoisotopic (exact) mass is 361 g/mol. The zero-order chi connectivity index (χ0) is 19.1. The van der Waals surface area contributed by atoms with E-state index in [9.17, 15) is 4.79 Å². The number of carbonyl (C=O) groups excluding carboxylic acids is 1. The quantitative estimate of drug-likeness (QED) is 0.610. The summed E-state index contributed by atoms with van der Waals surface area (Å²) in [7, 11) is 0. The molecule has 0 bridgehead atoms. The Morgan fingerprint density at radius 1 is 1.00 bits per heavy atom. The van der Waals surface area contributed by atoms with Gasteiger partial charge in [0.1, 0.15) is 5.75 Å². The van der Waals surface area contributed by atoms with Gasteiger partial charge in [0, 0.05) is 17.6 Å². The van der Waals surface area contributed by atoms with Crippen molar-refractivity contribution < 1.29 is 9.53 Å². The molecule has 0 spiro atoms. The first-order chi connectivity index (χ1) is 13.2. The van der Waals surface area contributed by atoms with Crippen molar-refractivity contribution in [1.82, 2.24) is 4.98 Å². The number of carbonyl (C=O) groups is 1. The second-order valence-corrected chi connectivity index (χ2v) is 6.19. The molecule has 0 aliphatic carbocycles. The maximum absolute atomic E-state index is 12.3. The van der Waals surface area contributed by atoms with Crippen LogP contribution in [0.2, 0.25) is 0 Å². The summed E-state index contributed by atoms with van der Waals surface area (Å²) in [6.45, 7) is 4.61. The number of urea groups is 1. The van der Waals surface area contributed by atoms with E-state index in [1.807, 2.05) is 74.5 Å². The van der Waals surface area contributed by atoms with Gasteiger partial charge in [0.25, 0.3) is 0 Å². The Bertz CT molecular complexity index is 907. The molecule has 0 saturated carbocycles. The molecule has 1 heterocycles. The van der Waals surface area contributed by atoms with Crippen molar-refractivity contribution in [2.45, 2.75) is 20.3 Å². The average Bonchev–Trinajstić information content (AvgIpc) is 2.68. The minimum atomic E-state index is -0.310. The summed E-state index contributed by atoms with van der Waals surface area (Å²) in [6, 6.07) is 18.8. The molecule has 138 valence electrons. The van der Waals surface area contributed by atoms with Gasteiger partial charge >= 0.3 is 6.03 Å². The molecule has 0 saturated heterocycles. The molecule has 0 unspecified atom stereocenters. The van der Waals surface area contributed by atoms with Crippen LogP contribution in [0.4, 0.5) is 16.2 Å². The lowest BCUT2D eigenvalue weighted by molar-refractivity contribution is 0.262. The minimum absolute atomic E-state index is 0.310. The number of rotatable bonds is 6. The van der Waals surface area contributed by atoms with Crippen molar-refractivity contribution >= 4 is 17.4 Å². The predicted molar refractivity (Wildman–Crippen MR) is 109 cm³/mol. The van der Waals surface area contributed by atoms with Gasteiger partial charge in [-0.15, -0.1) is 0 Å². The molecule has 0 fully saturated rings. The molecule has 0 aliphatic heterocycles. The van der Waals surface area contributed by atoms with Crippen LogP contribution in [0, 0.1) is 6.92 Å². The standard InChI is InChI=1S/C22H23N3O2/c1-3-14-27-21-7-5-4-6-20(21)25-22(26)24-19-10-8-17(9-11-19)18-12-13-23-16(2)15-18/h4-13,15H,3,14H2,1-2H3,(H2,24,25,26). The van der Waals surface area contributed by atoms with E-state index in [4.69, 9.17) is 4.74 Å². The second kappa shape index (κ2) is 8.85. The van der Waals surface area contributed by atoms with Crippen molar-refractivity contribution in [3.05, 3.63) is 72.6 Å². The number of amides is 2. The number of hydrogen-bond donors (Lipinski definition) is 2. The fraction of sp³-hybridized carbons (Fsp3) is 0.182. The summed E-state index contributed by atoms with van der Waals surface area (Å²) in [4.78, 5) is 16.5. The van der Waals surface area contributed by atoms with Crippen LogP contribution in [0.3, 0.4) is 0 Å². The first kappa shape index (κ1) is 18.5. The number of benzene rings is 2. The molecule has 3 rings (SSSR count). The summed E-state index contributed by atoms with van der Waals surface area (Å²) in [6.07, 6.45) is 2.70. The topological polar surface area (TPSA) is 63.2 Å². The number of aryl methyl sites for hydroxylation is 1. The molecule has 1 aromatic heterocycles. The summed E-state index contributed by atoms with van der Waals surface area (Å²) in [5.41, 5.74) is 4.50. The Labute approximate surface area is 159 Å². The highest BCUT2D eigenvalue weighted by Crippen LogP contribution is 2.25. The number of pyridine rings is 1. The fourth-order valence-electron chi connectivity index (χ4n) is 2.66. The third kappa shape index (κ3) is 5.07. The highest BCUT2D eigenvalue weighted by molar-refractivity contribution is 6.00. The van der Waals surface area contributed by atoms with Gasteiger partial charge in [-0.3, -0.25) is 4.98 Å². The van der Waals surface area contributed by atoms with E-state index in [1.54, 1.807) is 6.20 Å². The Morgan fingerprint density at radius 2 is 1.78 bits per heavy atom. The van der Waals surface area contributed by atoms with Gasteiger partial charge in [-0.25, -0.2) is 4.79 Å². The molecule has 2 N–H and O–H groups in total. The van der Waals surface area contributed by atoms with Crippen LogP contribution in [0.1, 0.15) is 19.0 Å². The van der Waals surface area contributed by atoms with Gasteiger partial charge in [0.05, 0.1) is 12.3 Å². The Kier molecular flexibility index (Phi) is 6.05. The van der Waals surface area contributed by atoms with Gasteiger partial charge in [0.15, 0.2) is 0 Å². The molecule has 5 heteroatoms. The van der Waals surface area contributed by atoms with Crippen LogP contribution >= 0.6 is 0 Å². The zero-order valence-electron chi connectivity index (χ0n) is 15.5. The maximum Gasteiger partial charge on any atom is 0.323 e. The van der Waals surface area contributed by atoms with Crippen LogP contribution in [0.15, 0.2) is 66.9 Å². The molecule has 2 amide bonds. The highest BCUT2D eigenvalue weighted by atomic mass is 16.5. The largest absolute Gasteiger partial charge is 0.491 e. The van der Waals surface area contributed by atoms with E-state index in [1.165, 1.54) is 0 Å². The van der Waals surface area contributed by atoms with Crippen molar-refractivity contribution in [2.24, 2.45) is 0 Å². The van der Waals surface area contributed by atoms with Gasteiger partial charge in [-0.1, -0.05) is 31.2 Å². The molecular weight excluding hydrogens is 338 g/mol. The normalized spacial score (nSPS) is 10.3. The van der Waals surface area contributed by atoms with Crippen LogP contribution in [0.5, 0.6) is 5.75 Å². The van der Waals surface area contributed by atoms with E-state index < -0.39 is 0 Å². The lowest BCUT2D eigenvalue weighted by Gasteiger charge is -2.13. The van der Waals surface area contributed by atoms with Crippen LogP contribution in [-0.2, 0) is 0 Å². The molecule has 0 atom stereocenters. The number of nitrogens with zero attached hydrogens (tertiary/aromatic N) is 1. The molecular formula is C22H23N3O2. The number of para-hydroxylation sites is 2. The number of ether oxygens (including phenoxy) is 1. The highest BCUT2D eigenvalue weighted by Gasteiger charge is 2.08. The second-order valence-electron chi connectivity index (χ2n) is 6.19. The van der Waals surface area contributed by atoms with Crippen molar-refractivity contribution in [3.8, 4) is 16.9 Å².